The molecule has 9 heteroatoms. The van der Waals surface area contributed by atoms with Gasteiger partial charge in [-0.15, -0.1) is 0 Å². The van der Waals surface area contributed by atoms with Gasteiger partial charge in [0.15, 0.2) is 11.5 Å². The second-order valence-electron chi connectivity index (χ2n) is 9.10. The average molecular weight is 532 g/mol. The summed E-state index contributed by atoms with van der Waals surface area (Å²) in [4.78, 5) is 45.5. The monoisotopic (exact) mass is 531 g/mol. The molecule has 0 aliphatic carbocycles. The quantitative estimate of drug-likeness (QED) is 0.312. The van der Waals surface area contributed by atoms with Crippen molar-refractivity contribution in [1.82, 2.24) is 14.5 Å². The second kappa shape index (κ2) is 10.3. The minimum atomic E-state index is -0.339. The Hall–Kier alpha value is -4.17. The largest absolute Gasteiger partial charge is 0.493 e. The van der Waals surface area contributed by atoms with E-state index in [1.165, 1.54) is 4.90 Å². The number of benzene rings is 3. The number of ether oxygens (including phenoxy) is 2. The van der Waals surface area contributed by atoms with Crippen LogP contribution >= 0.6 is 11.6 Å². The summed E-state index contributed by atoms with van der Waals surface area (Å²) in [6.07, 6.45) is 0.748. The van der Waals surface area contributed by atoms with Crippen molar-refractivity contribution in [3.63, 3.8) is 0 Å². The first-order chi connectivity index (χ1) is 18.3. The first kappa shape index (κ1) is 25.5. The van der Waals surface area contributed by atoms with Crippen LogP contribution < -0.4 is 15.0 Å². The number of carbonyl (C=O) groups excluding carboxylic acids is 2. The summed E-state index contributed by atoms with van der Waals surface area (Å²) < 4.78 is 12.3. The summed E-state index contributed by atoms with van der Waals surface area (Å²) >= 11 is 6.26. The molecular weight excluding hydrogens is 506 g/mol. The highest BCUT2D eigenvalue weighted by Gasteiger charge is 2.35. The molecule has 4 aromatic rings. The number of hydrogen-bond donors (Lipinski definition) is 0. The summed E-state index contributed by atoms with van der Waals surface area (Å²) in [6.45, 7) is 2.29. The molecule has 1 aromatic heterocycles. The van der Waals surface area contributed by atoms with Crippen LogP contribution in [0.3, 0.4) is 0 Å². The molecule has 0 unspecified atom stereocenters. The van der Waals surface area contributed by atoms with Gasteiger partial charge in [0, 0.05) is 24.5 Å². The predicted octanol–water partition coefficient (Wildman–Crippen LogP) is 4.46. The van der Waals surface area contributed by atoms with Crippen LogP contribution in [0.15, 0.2) is 59.4 Å². The number of imide groups is 1. The Morgan fingerprint density at radius 1 is 0.842 bits per heavy atom. The van der Waals surface area contributed by atoms with Crippen molar-refractivity contribution in [2.45, 2.75) is 26.3 Å². The molecule has 1 aliphatic rings. The Labute approximate surface area is 224 Å². The fourth-order valence-corrected chi connectivity index (χ4v) is 5.12. The summed E-state index contributed by atoms with van der Waals surface area (Å²) in [5.41, 5.74) is 2.83. The van der Waals surface area contributed by atoms with Crippen LogP contribution in [0.5, 0.6) is 11.5 Å². The van der Waals surface area contributed by atoms with E-state index in [0.29, 0.717) is 57.3 Å². The third-order valence-electron chi connectivity index (χ3n) is 6.80. The molecule has 3 aromatic carbocycles. The Morgan fingerprint density at radius 2 is 1.53 bits per heavy atom. The Morgan fingerprint density at radius 3 is 2.18 bits per heavy atom. The van der Waals surface area contributed by atoms with Crippen molar-refractivity contribution >= 4 is 34.3 Å². The van der Waals surface area contributed by atoms with Crippen molar-refractivity contribution in [2.24, 2.45) is 0 Å². The molecule has 2 heterocycles. The maximum Gasteiger partial charge on any atom is 0.261 e. The minimum absolute atomic E-state index is 0.104. The van der Waals surface area contributed by atoms with E-state index in [-0.39, 0.29) is 30.3 Å². The second-order valence-corrected chi connectivity index (χ2v) is 9.54. The molecule has 0 saturated carbocycles. The molecule has 0 fully saturated rings. The average Bonchev–Trinajstić information content (AvgIpc) is 3.16. The van der Waals surface area contributed by atoms with E-state index in [0.717, 1.165) is 11.1 Å². The van der Waals surface area contributed by atoms with Crippen molar-refractivity contribution in [3.05, 3.63) is 98.1 Å². The predicted molar refractivity (Wildman–Crippen MR) is 145 cm³/mol. The van der Waals surface area contributed by atoms with Gasteiger partial charge in [-0.3, -0.25) is 23.9 Å². The minimum Gasteiger partial charge on any atom is -0.493 e. The van der Waals surface area contributed by atoms with Crippen molar-refractivity contribution < 1.29 is 19.1 Å². The smallest absolute Gasteiger partial charge is 0.261 e. The maximum absolute atomic E-state index is 13.7. The van der Waals surface area contributed by atoms with Gasteiger partial charge in [-0.05, 0) is 60.9 Å². The number of carbonyl (C=O) groups is 2. The lowest BCUT2D eigenvalue weighted by atomic mass is 10.1. The fourth-order valence-electron chi connectivity index (χ4n) is 4.85. The first-order valence-corrected chi connectivity index (χ1v) is 12.6. The molecule has 38 heavy (non-hydrogen) atoms. The van der Waals surface area contributed by atoms with Crippen LogP contribution in [0.2, 0.25) is 5.02 Å². The number of hydrogen-bond acceptors (Lipinski definition) is 6. The number of rotatable bonds is 8. The van der Waals surface area contributed by atoms with Crippen LogP contribution in [0, 0.1) is 6.92 Å². The summed E-state index contributed by atoms with van der Waals surface area (Å²) in [6, 6.07) is 15.8. The zero-order valence-electron chi connectivity index (χ0n) is 21.3. The number of aryl methyl sites for hydroxylation is 2. The third kappa shape index (κ3) is 4.52. The molecule has 0 atom stereocenters. The highest BCUT2D eigenvalue weighted by molar-refractivity contribution is 6.31. The summed E-state index contributed by atoms with van der Waals surface area (Å²) in [7, 11) is 3.15. The van der Waals surface area contributed by atoms with Crippen molar-refractivity contribution in [2.75, 3.05) is 20.8 Å². The Bertz CT molecular complexity index is 1610. The summed E-state index contributed by atoms with van der Waals surface area (Å²) in [5, 5.41) is 0.880. The van der Waals surface area contributed by atoms with Gasteiger partial charge in [0.2, 0.25) is 0 Å². The van der Waals surface area contributed by atoms with Crippen LogP contribution in [0.4, 0.5) is 0 Å². The van der Waals surface area contributed by atoms with E-state index in [4.69, 9.17) is 26.1 Å². The maximum atomic E-state index is 13.7. The highest BCUT2D eigenvalue weighted by atomic mass is 35.5. The lowest BCUT2D eigenvalue weighted by molar-refractivity contribution is 0.0655. The van der Waals surface area contributed by atoms with Crippen LogP contribution in [0.25, 0.3) is 10.9 Å². The van der Waals surface area contributed by atoms with E-state index in [9.17, 15) is 14.4 Å². The molecular formula is C29H26ClN3O5. The zero-order valence-corrected chi connectivity index (χ0v) is 22.0. The van der Waals surface area contributed by atoms with Crippen molar-refractivity contribution in [1.29, 1.82) is 0 Å². The molecule has 0 bridgehead atoms. The Balaban J connectivity index is 1.49. The van der Waals surface area contributed by atoms with E-state index in [1.54, 1.807) is 55.2 Å². The van der Waals surface area contributed by atoms with E-state index < -0.39 is 0 Å². The van der Waals surface area contributed by atoms with Gasteiger partial charge in [0.1, 0.15) is 5.82 Å². The SMILES string of the molecule is COc1ccc(CCn2c(CCN3C(=O)c4ccccc4C3=O)nc3c(C)cc(Cl)cc3c2=O)cc1OC. The van der Waals surface area contributed by atoms with Gasteiger partial charge >= 0.3 is 0 Å². The number of halogens is 1. The molecule has 0 saturated heterocycles. The number of methoxy groups -OCH3 is 2. The van der Waals surface area contributed by atoms with E-state index in [1.807, 2.05) is 25.1 Å². The van der Waals surface area contributed by atoms with Crippen molar-refractivity contribution in [3.8, 4) is 11.5 Å². The molecule has 8 nitrogen and oxygen atoms in total. The normalized spacial score (nSPS) is 12.8. The van der Waals surface area contributed by atoms with Gasteiger partial charge in [-0.1, -0.05) is 29.8 Å². The van der Waals surface area contributed by atoms with Gasteiger partial charge in [-0.2, -0.15) is 0 Å². The zero-order chi connectivity index (χ0) is 27.0. The molecule has 5 rings (SSSR count). The van der Waals surface area contributed by atoms with Crippen LogP contribution in [-0.2, 0) is 19.4 Å². The molecule has 1 aliphatic heterocycles. The highest BCUT2D eigenvalue weighted by Crippen LogP contribution is 2.28. The van der Waals surface area contributed by atoms with E-state index in [2.05, 4.69) is 0 Å². The van der Waals surface area contributed by atoms with Gasteiger partial charge < -0.3 is 9.47 Å². The number of aromatic nitrogens is 2. The number of fused-ring (bicyclic) bond motifs is 2. The van der Waals surface area contributed by atoms with Gasteiger partial charge in [0.05, 0.1) is 36.2 Å². The molecule has 0 N–H and O–H groups in total. The van der Waals surface area contributed by atoms with Gasteiger partial charge in [-0.25, -0.2) is 4.98 Å². The number of nitrogens with zero attached hydrogens (tertiary/aromatic N) is 3. The lowest BCUT2D eigenvalue weighted by Gasteiger charge is -2.18. The van der Waals surface area contributed by atoms with E-state index >= 15 is 0 Å². The Kier molecular flexibility index (Phi) is 6.91. The molecule has 0 radical (unpaired) electrons. The topological polar surface area (TPSA) is 90.7 Å². The lowest BCUT2D eigenvalue weighted by Crippen LogP contribution is -2.34. The van der Waals surface area contributed by atoms with Crippen LogP contribution in [-0.4, -0.2) is 47.0 Å². The molecule has 0 spiro atoms. The fraction of sp³-hybridized carbons (Fsp3) is 0.241. The molecule has 194 valence electrons. The van der Waals surface area contributed by atoms with Gasteiger partial charge in [0.25, 0.3) is 17.4 Å². The molecule has 2 amide bonds. The summed E-state index contributed by atoms with van der Waals surface area (Å²) in [5.74, 6) is 1.03. The number of amides is 2. The first-order valence-electron chi connectivity index (χ1n) is 12.2. The standard InChI is InChI=1S/C29H26ClN3O5/c1-17-14-19(30)16-22-26(17)31-25(11-13-33-27(34)20-6-4-5-7-21(20)28(33)35)32(29(22)36)12-10-18-8-9-23(37-2)24(15-18)38-3/h4-9,14-16H,10-13H2,1-3H3. The third-order valence-corrected chi connectivity index (χ3v) is 7.02. The van der Waals surface area contributed by atoms with Crippen LogP contribution in [0.1, 0.15) is 37.7 Å².